The fraction of sp³-hybridized carbons (Fsp3) is 0.731. The number of hydrogen-bond acceptors (Lipinski definition) is 5. The van der Waals surface area contributed by atoms with Gasteiger partial charge in [0.15, 0.2) is 0 Å². The highest BCUT2D eigenvalue weighted by molar-refractivity contribution is 5.86. The third-order valence-corrected chi connectivity index (χ3v) is 6.33. The number of rotatable bonds is 15. The van der Waals surface area contributed by atoms with E-state index in [1.165, 1.54) is 0 Å². The lowest BCUT2D eigenvalue weighted by molar-refractivity contribution is -0.146. The summed E-state index contributed by atoms with van der Waals surface area (Å²) in [6, 6.07) is -0.392. The summed E-state index contributed by atoms with van der Waals surface area (Å²) >= 11 is 0. The van der Waals surface area contributed by atoms with Gasteiger partial charge in [0.05, 0.1) is 24.1 Å². The highest BCUT2D eigenvalue weighted by Gasteiger charge is 2.36. The Kier molecular flexibility index (Phi) is 12.4. The maximum Gasteiger partial charge on any atom is 0.305 e. The van der Waals surface area contributed by atoms with Crippen molar-refractivity contribution in [2.45, 2.75) is 96.6 Å². The number of unbranched alkanes of at least 4 members (excludes halogenated alkanes) is 2. The van der Waals surface area contributed by atoms with Crippen molar-refractivity contribution in [3.63, 3.8) is 0 Å². The number of carbonyl (C=O) groups is 3. The van der Waals surface area contributed by atoms with E-state index in [1.54, 1.807) is 6.08 Å². The maximum absolute atomic E-state index is 13.1. The molecule has 0 aromatic heterocycles. The molecule has 7 nitrogen and oxygen atoms in total. The Morgan fingerprint density at radius 2 is 1.79 bits per heavy atom. The van der Waals surface area contributed by atoms with Crippen LogP contribution in [0.15, 0.2) is 25.3 Å². The molecule has 0 spiro atoms. The standard InChI is InChI=1S/C26H44N2O5/c1-6-8-9-10-14-23(31)33-18-21(25(3,4)5)27-24(32)20(13-7-2)17-22(30)28-26(19-29)15-11-12-16-26/h6-7,20-21,29H,1-2,8-19H2,3-5H3,(H,27,32)(H,28,30). The molecule has 1 rings (SSSR count). The number of carbonyl (C=O) groups excluding carboxylic acids is 3. The van der Waals surface area contributed by atoms with Crippen molar-refractivity contribution in [3.8, 4) is 0 Å². The lowest BCUT2D eigenvalue weighted by atomic mass is 9.86. The first-order valence-electron chi connectivity index (χ1n) is 12.2. The van der Waals surface area contributed by atoms with Crippen molar-refractivity contribution < 1.29 is 24.2 Å². The van der Waals surface area contributed by atoms with Crippen LogP contribution in [-0.4, -0.2) is 47.7 Å². The van der Waals surface area contributed by atoms with Gasteiger partial charge in [-0.05, 0) is 43.9 Å². The molecule has 0 radical (unpaired) electrons. The highest BCUT2D eigenvalue weighted by Crippen LogP contribution is 2.29. The maximum atomic E-state index is 13.1. The molecule has 33 heavy (non-hydrogen) atoms. The van der Waals surface area contributed by atoms with E-state index in [2.05, 4.69) is 23.8 Å². The van der Waals surface area contributed by atoms with Crippen molar-refractivity contribution >= 4 is 17.8 Å². The number of aliphatic hydroxyl groups excluding tert-OH is 1. The fourth-order valence-corrected chi connectivity index (χ4v) is 4.03. The SMILES string of the molecule is C=CCCCCC(=O)OCC(NC(=O)C(CC=C)CC(=O)NC1(CO)CCCC1)C(C)(C)C. The van der Waals surface area contributed by atoms with Gasteiger partial charge in [-0.2, -0.15) is 0 Å². The minimum absolute atomic E-state index is 0.0134. The Morgan fingerprint density at radius 1 is 1.12 bits per heavy atom. The zero-order chi connectivity index (χ0) is 24.9. The predicted octanol–water partition coefficient (Wildman–Crippen LogP) is 3.81. The third-order valence-electron chi connectivity index (χ3n) is 6.33. The van der Waals surface area contributed by atoms with Crippen molar-refractivity contribution in [1.82, 2.24) is 10.6 Å². The van der Waals surface area contributed by atoms with Gasteiger partial charge < -0.3 is 20.5 Å². The minimum atomic E-state index is -0.584. The van der Waals surface area contributed by atoms with Crippen LogP contribution in [0.4, 0.5) is 0 Å². The molecule has 1 fully saturated rings. The normalized spacial score (nSPS) is 17.0. The summed E-state index contributed by atoms with van der Waals surface area (Å²) in [6.45, 7) is 13.3. The molecule has 0 aromatic rings. The summed E-state index contributed by atoms with van der Waals surface area (Å²) in [5.74, 6) is -1.38. The van der Waals surface area contributed by atoms with Crippen LogP contribution in [0.5, 0.6) is 0 Å². The molecule has 0 aliphatic heterocycles. The number of amides is 2. The Labute approximate surface area is 199 Å². The monoisotopic (exact) mass is 464 g/mol. The Morgan fingerprint density at radius 3 is 2.33 bits per heavy atom. The topological polar surface area (TPSA) is 105 Å². The fourth-order valence-electron chi connectivity index (χ4n) is 4.03. The van der Waals surface area contributed by atoms with E-state index in [1.807, 2.05) is 26.8 Å². The molecule has 2 unspecified atom stereocenters. The van der Waals surface area contributed by atoms with Crippen molar-refractivity contribution in [2.24, 2.45) is 11.3 Å². The lowest BCUT2D eigenvalue weighted by Crippen LogP contribution is -2.51. The molecule has 1 saturated carbocycles. The van der Waals surface area contributed by atoms with E-state index >= 15 is 0 Å². The minimum Gasteiger partial charge on any atom is -0.463 e. The van der Waals surface area contributed by atoms with Gasteiger partial charge in [0, 0.05) is 12.8 Å². The smallest absolute Gasteiger partial charge is 0.305 e. The number of ether oxygens (including phenoxy) is 1. The molecule has 3 N–H and O–H groups in total. The summed E-state index contributed by atoms with van der Waals surface area (Å²) < 4.78 is 5.44. The van der Waals surface area contributed by atoms with E-state index in [9.17, 15) is 19.5 Å². The highest BCUT2D eigenvalue weighted by atomic mass is 16.5. The zero-order valence-electron chi connectivity index (χ0n) is 20.8. The van der Waals surface area contributed by atoms with E-state index < -0.39 is 17.5 Å². The van der Waals surface area contributed by atoms with Gasteiger partial charge in [0.2, 0.25) is 11.8 Å². The molecule has 0 bridgehead atoms. The van der Waals surface area contributed by atoms with Crippen LogP contribution in [0, 0.1) is 11.3 Å². The van der Waals surface area contributed by atoms with Gasteiger partial charge in [0.1, 0.15) is 6.61 Å². The first-order chi connectivity index (χ1) is 15.6. The molecular formula is C26H44N2O5. The summed E-state index contributed by atoms with van der Waals surface area (Å²) in [7, 11) is 0. The lowest BCUT2D eigenvalue weighted by Gasteiger charge is -2.32. The van der Waals surface area contributed by atoms with Crippen LogP contribution in [0.1, 0.15) is 85.0 Å². The van der Waals surface area contributed by atoms with Gasteiger partial charge in [-0.15, -0.1) is 13.2 Å². The Bertz CT molecular complexity index is 662. The van der Waals surface area contributed by atoms with Crippen LogP contribution in [-0.2, 0) is 19.1 Å². The van der Waals surface area contributed by atoms with Gasteiger partial charge >= 0.3 is 5.97 Å². The molecule has 2 atom stereocenters. The molecule has 188 valence electrons. The van der Waals surface area contributed by atoms with E-state index in [-0.39, 0.29) is 42.8 Å². The van der Waals surface area contributed by atoms with Gasteiger partial charge in [-0.3, -0.25) is 14.4 Å². The second kappa shape index (κ2) is 14.2. The van der Waals surface area contributed by atoms with Crippen LogP contribution in [0.2, 0.25) is 0 Å². The largest absolute Gasteiger partial charge is 0.463 e. The van der Waals surface area contributed by atoms with Crippen LogP contribution < -0.4 is 10.6 Å². The van der Waals surface area contributed by atoms with E-state index in [4.69, 9.17) is 4.74 Å². The second-order valence-corrected chi connectivity index (χ2v) is 10.3. The van der Waals surface area contributed by atoms with Crippen molar-refractivity contribution in [2.75, 3.05) is 13.2 Å². The Hall–Kier alpha value is -2.15. The first kappa shape index (κ1) is 28.9. The molecule has 1 aliphatic rings. The molecule has 0 saturated heterocycles. The molecule has 7 heteroatoms. The predicted molar refractivity (Wildman–Crippen MR) is 130 cm³/mol. The van der Waals surface area contributed by atoms with E-state index in [0.29, 0.717) is 12.8 Å². The number of aliphatic hydroxyl groups is 1. The van der Waals surface area contributed by atoms with Crippen molar-refractivity contribution in [1.29, 1.82) is 0 Å². The zero-order valence-corrected chi connectivity index (χ0v) is 20.8. The van der Waals surface area contributed by atoms with Crippen LogP contribution in [0.25, 0.3) is 0 Å². The molecular weight excluding hydrogens is 420 g/mol. The van der Waals surface area contributed by atoms with E-state index in [0.717, 1.165) is 44.9 Å². The molecule has 2 amide bonds. The van der Waals surface area contributed by atoms with Crippen LogP contribution in [0.3, 0.4) is 0 Å². The average Bonchev–Trinajstić information content (AvgIpc) is 3.21. The summed E-state index contributed by atoms with van der Waals surface area (Å²) in [6.07, 6.45) is 10.1. The molecule has 1 aliphatic carbocycles. The second-order valence-electron chi connectivity index (χ2n) is 10.3. The summed E-state index contributed by atoms with van der Waals surface area (Å²) in [4.78, 5) is 37.8. The van der Waals surface area contributed by atoms with Gasteiger partial charge in [-0.1, -0.05) is 45.8 Å². The number of esters is 1. The van der Waals surface area contributed by atoms with Gasteiger partial charge in [-0.25, -0.2) is 0 Å². The average molecular weight is 465 g/mol. The third kappa shape index (κ3) is 10.5. The van der Waals surface area contributed by atoms with Gasteiger partial charge in [0.25, 0.3) is 0 Å². The Balaban J connectivity index is 2.69. The number of allylic oxidation sites excluding steroid dienone is 2. The first-order valence-corrected chi connectivity index (χ1v) is 12.2. The quantitative estimate of drug-likeness (QED) is 0.194. The molecule has 0 aromatic carbocycles. The number of hydrogen-bond donors (Lipinski definition) is 3. The number of nitrogens with one attached hydrogen (secondary N) is 2. The molecule has 0 heterocycles. The van der Waals surface area contributed by atoms with Crippen LogP contribution >= 0.6 is 0 Å². The van der Waals surface area contributed by atoms with Crippen molar-refractivity contribution in [3.05, 3.63) is 25.3 Å². The summed E-state index contributed by atoms with van der Waals surface area (Å²) in [5, 5.41) is 15.7. The summed E-state index contributed by atoms with van der Waals surface area (Å²) in [5.41, 5.74) is -0.912.